The summed E-state index contributed by atoms with van der Waals surface area (Å²) in [7, 11) is 0. The summed E-state index contributed by atoms with van der Waals surface area (Å²) in [5.74, 6) is 0. The van der Waals surface area contributed by atoms with Crippen LogP contribution < -0.4 is 0 Å². The third-order valence-electron chi connectivity index (χ3n) is 0. The molecule has 0 unspecified atom stereocenters. The van der Waals surface area contributed by atoms with Crippen LogP contribution in [0.5, 0.6) is 0 Å². The Labute approximate surface area is 582 Å². The standard InChI is InChI=1S/5CH2O3.6Al.6Ca.5HNO3.5H2O.5O/c5*2-1(3)4;;;;;;;;;;;;;5*2-1(3)4;;;;;;;;;;/h5*(H2,2,3,4);;;;;;;;;;;;;5*(H,2,3,4);5*1H2;;;;;/q;;;;;6*+3;6*+2;;;;;;;;;;;5*-2. The molecule has 0 aliphatic carbocycles. The van der Waals surface area contributed by atoms with Gasteiger partial charge in [0.1, 0.15) is 0 Å². The Bertz CT molecular complexity index is 532. The molecule has 0 amide bonds. The average molecular weight is 1200 g/mol. The molecule has 0 atom stereocenters. The second-order valence-corrected chi connectivity index (χ2v) is 2.60. The smallest absolute Gasteiger partial charge is 2.00 e. The molecule has 0 aliphatic heterocycles. The van der Waals surface area contributed by atoms with Gasteiger partial charge in [-0.3, -0.25) is 0 Å². The normalized spacial score (nSPS) is 3.87. The van der Waals surface area contributed by atoms with Crippen molar-refractivity contribution in [3.05, 3.63) is 50.6 Å². The minimum absolute atomic E-state index is 0. The number of carbonyl (C=O) groups is 5. The predicted octanol–water partition coefficient (Wildman–Crippen LogP) is -9.91. The van der Waals surface area contributed by atoms with Crippen molar-refractivity contribution in [2.45, 2.75) is 0 Å². The van der Waals surface area contributed by atoms with Crippen molar-refractivity contribution in [3.63, 3.8) is 0 Å². The zero-order valence-corrected chi connectivity index (χ0v) is 50.0. The summed E-state index contributed by atoms with van der Waals surface area (Å²) < 4.78 is 0. The second kappa shape index (κ2) is 234. The van der Waals surface area contributed by atoms with Crippen molar-refractivity contribution in [1.29, 1.82) is 0 Å². The molecule has 0 bridgehead atoms. The zero-order valence-electron chi connectivity index (χ0n) is 29.8. The molecule has 57 heteroatoms. The van der Waals surface area contributed by atoms with Crippen molar-refractivity contribution >= 4 is 361 Å². The van der Waals surface area contributed by atoms with Gasteiger partial charge < -0.3 is 132 Å². The van der Waals surface area contributed by atoms with Gasteiger partial charge in [0.05, 0.1) is 0 Å². The third kappa shape index (κ3) is 32700. The van der Waals surface area contributed by atoms with E-state index in [0.29, 0.717) is 0 Å². The molecule has 0 radical (unpaired) electrons. The van der Waals surface area contributed by atoms with Crippen molar-refractivity contribution in [2.24, 2.45) is 0 Å². The van der Waals surface area contributed by atoms with E-state index in [1.54, 1.807) is 0 Å². The van der Waals surface area contributed by atoms with Crippen LogP contribution >= 0.6 is 0 Å². The minimum atomic E-state index is -1.83. The molecule has 45 nitrogen and oxygen atoms in total. The van der Waals surface area contributed by atoms with E-state index in [1.165, 1.54) is 0 Å². The largest absolute Gasteiger partial charge is 3.00 e. The quantitative estimate of drug-likeness (QED) is 0.0608. The van der Waals surface area contributed by atoms with Gasteiger partial charge >= 0.3 is 361 Å². The zero-order chi connectivity index (χ0) is 35.8. The fourth-order valence-electron chi connectivity index (χ4n) is 0. The van der Waals surface area contributed by atoms with Gasteiger partial charge in [0, 0.05) is 0 Å². The van der Waals surface area contributed by atoms with Gasteiger partial charge in [-0.25, -0.2) is 24.0 Å². The van der Waals surface area contributed by atoms with Crippen molar-refractivity contribution < 1.29 is 181 Å². The van der Waals surface area contributed by atoms with Gasteiger partial charge in [-0.15, -0.1) is 50.6 Å². The SMILES string of the molecule is O.O.O.O.O.O=C(O)O.O=C(O)O.O=C(O)O.O=C(O)O.O=C(O)O.O=[N+]([O-])O.O=[N+]([O-])O.O=[N+]([O-])O.O=[N+]([O-])O.O=[N+]([O-])O.[Al+3].[Al+3].[Al+3].[Al+3].[Al+3].[Al+3].[Ca+2].[Ca+2].[Ca+2].[Ca+2].[Ca+2].[Ca+2].[O-2].[O-2].[O-2].[O-2].[O-2]. The molecule has 0 saturated heterocycles. The summed E-state index contributed by atoms with van der Waals surface area (Å²) in [6, 6.07) is 0. The molecular weight excluding hydrogens is 1170 g/mol. The number of hydrogen-bond acceptors (Lipinski definition) is 15. The maximum absolute atomic E-state index is 8.56. The molecular formula is C5H25Al6Ca6N5O40+20. The fourth-order valence-corrected chi connectivity index (χ4v) is 0. The van der Waals surface area contributed by atoms with E-state index in [1.807, 2.05) is 0 Å². The van der Waals surface area contributed by atoms with E-state index in [9.17, 15) is 0 Å². The van der Waals surface area contributed by atoms with Crippen molar-refractivity contribution in [3.8, 4) is 0 Å². The molecule has 0 rings (SSSR count). The summed E-state index contributed by atoms with van der Waals surface area (Å²) in [6.45, 7) is 0. The summed E-state index contributed by atoms with van der Waals surface area (Å²) in [5.41, 5.74) is 0. The van der Waals surface area contributed by atoms with Gasteiger partial charge in [0.15, 0.2) is 0 Å². The molecule has 320 valence electrons. The van der Waals surface area contributed by atoms with Gasteiger partial charge in [0.25, 0.3) is 25.4 Å². The molecule has 0 fully saturated rings. The molecule has 62 heavy (non-hydrogen) atoms. The molecule has 0 aliphatic rings. The Morgan fingerprint density at radius 3 is 0.258 bits per heavy atom. The molecule has 0 aromatic rings. The molecule has 25 N–H and O–H groups in total. The van der Waals surface area contributed by atoms with E-state index < -0.39 is 56.2 Å². The van der Waals surface area contributed by atoms with Crippen LogP contribution in [0.2, 0.25) is 0 Å². The van der Waals surface area contributed by atoms with E-state index in [4.69, 9.17) is 152 Å². The van der Waals surface area contributed by atoms with E-state index in [0.717, 1.165) is 0 Å². The number of nitrogens with zero attached hydrogens (tertiary/aromatic N) is 5. The minimum Gasteiger partial charge on any atom is -2.00 e. The van der Waals surface area contributed by atoms with Crippen molar-refractivity contribution in [2.75, 3.05) is 0 Å². The molecule has 0 aromatic carbocycles. The van der Waals surface area contributed by atoms with Crippen LogP contribution in [-0.2, 0) is 27.4 Å². The number of carboxylic acid groups (broad SMARTS) is 10. The van der Waals surface area contributed by atoms with Gasteiger partial charge in [-0.05, 0) is 0 Å². The third-order valence-corrected chi connectivity index (χ3v) is 0. The predicted molar refractivity (Wildman–Crippen MR) is 188 cm³/mol. The van der Waals surface area contributed by atoms with Gasteiger partial charge in [0.2, 0.25) is 0 Å². The first-order valence-corrected chi connectivity index (χ1v) is 6.08. The molecule has 0 aromatic heterocycles. The van der Waals surface area contributed by atoms with Crippen LogP contribution in [0.25, 0.3) is 0 Å². The first-order valence-electron chi connectivity index (χ1n) is 6.08. The Kier molecular flexibility index (Phi) is 927. The Balaban J connectivity index is -0.00000000517. The molecule has 0 saturated carbocycles. The fraction of sp³-hybridized carbons (Fsp3) is 0. The Hall–Kier alpha value is 2.70. The van der Waals surface area contributed by atoms with E-state index >= 15 is 0 Å². The summed E-state index contributed by atoms with van der Waals surface area (Å²) in [6.07, 6.45) is -9.17. The summed E-state index contributed by atoms with van der Waals surface area (Å²) >= 11 is 0. The van der Waals surface area contributed by atoms with E-state index in [2.05, 4.69) is 0 Å². The van der Waals surface area contributed by atoms with Crippen molar-refractivity contribution in [1.82, 2.24) is 0 Å². The van der Waals surface area contributed by atoms with E-state index in [-0.39, 0.29) is 385 Å². The summed E-state index contributed by atoms with van der Waals surface area (Å²) in [5, 5.41) is 138. The second-order valence-electron chi connectivity index (χ2n) is 2.60. The maximum Gasteiger partial charge on any atom is 3.00 e. The Morgan fingerprint density at radius 2 is 0.258 bits per heavy atom. The monoisotopic (exact) mass is 1200 g/mol. The number of rotatable bonds is 0. The maximum atomic E-state index is 8.56. The number of hydrogen-bond donors (Lipinski definition) is 15. The van der Waals surface area contributed by atoms with Crippen LogP contribution in [0.1, 0.15) is 0 Å². The Morgan fingerprint density at radius 1 is 0.258 bits per heavy atom. The molecule has 0 spiro atoms. The van der Waals surface area contributed by atoms with Crippen LogP contribution in [0, 0.1) is 50.6 Å². The van der Waals surface area contributed by atoms with Gasteiger partial charge in [-0.2, -0.15) is 0 Å². The summed E-state index contributed by atoms with van der Waals surface area (Å²) in [4.78, 5) is 84.6. The molecule has 0 heterocycles. The topological polar surface area (TPSA) is 904 Å². The van der Waals surface area contributed by atoms with Crippen LogP contribution in [0.3, 0.4) is 0 Å². The van der Waals surface area contributed by atoms with Gasteiger partial charge in [-0.1, -0.05) is 0 Å². The first kappa shape index (κ1) is 246. The van der Waals surface area contributed by atoms with Crippen LogP contribution in [0.4, 0.5) is 24.0 Å². The van der Waals surface area contributed by atoms with Crippen LogP contribution in [0.15, 0.2) is 0 Å². The van der Waals surface area contributed by atoms with Crippen LogP contribution in [-0.4, -0.2) is 491 Å². The first-order chi connectivity index (χ1) is 17.3. The average Bonchev–Trinajstić information content (AvgIpc) is 2.47.